The molecule has 10 heavy (non-hydrogen) atoms. The van der Waals surface area contributed by atoms with E-state index in [1.807, 2.05) is 24.5 Å². The van der Waals surface area contributed by atoms with Crippen LogP contribution in [0.25, 0.3) is 0 Å². The van der Waals surface area contributed by atoms with Gasteiger partial charge in [-0.3, -0.25) is 4.79 Å². The van der Waals surface area contributed by atoms with Gasteiger partial charge in [0.05, 0.1) is 0 Å². The van der Waals surface area contributed by atoms with Crippen molar-refractivity contribution in [3.63, 3.8) is 0 Å². The molecule has 0 unspecified atom stereocenters. The minimum absolute atomic E-state index is 0.638. The van der Waals surface area contributed by atoms with Crippen molar-refractivity contribution in [3.05, 3.63) is 35.4 Å². The highest BCUT2D eigenvalue weighted by atomic mass is 79.9. The van der Waals surface area contributed by atoms with Crippen LogP contribution in [0.1, 0.15) is 11.1 Å². The summed E-state index contributed by atoms with van der Waals surface area (Å²) in [6, 6.07) is 7.38. The molecule has 0 aliphatic carbocycles. The average molecular weight is 198 g/mol. The maximum Gasteiger partial charge on any atom is 0.233 e. The van der Waals surface area contributed by atoms with E-state index < -0.39 is 0 Å². The van der Waals surface area contributed by atoms with Gasteiger partial charge in [0.1, 0.15) is 0 Å². The molecule has 0 spiro atoms. The van der Waals surface area contributed by atoms with Crippen LogP contribution in [0.2, 0.25) is 0 Å². The SMILES string of the molecule is O=[C]c1ccccc1CBr. The Labute approximate surface area is 68.2 Å². The zero-order chi connectivity index (χ0) is 7.40. The third kappa shape index (κ3) is 1.45. The number of carbonyl (C=O) groups excluding carboxylic acids is 1. The first-order valence-corrected chi connectivity index (χ1v) is 4.02. The number of benzene rings is 1. The van der Waals surface area contributed by atoms with Crippen molar-refractivity contribution in [1.29, 1.82) is 0 Å². The fraction of sp³-hybridized carbons (Fsp3) is 0.125. The number of alkyl halides is 1. The quantitative estimate of drug-likeness (QED) is 0.664. The van der Waals surface area contributed by atoms with Crippen molar-refractivity contribution in [2.24, 2.45) is 0 Å². The number of hydrogen-bond acceptors (Lipinski definition) is 1. The van der Waals surface area contributed by atoms with E-state index in [-0.39, 0.29) is 0 Å². The molecular formula is C8H6BrO. The highest BCUT2D eigenvalue weighted by Gasteiger charge is 1.96. The Hall–Kier alpha value is -0.630. The second kappa shape index (κ2) is 3.52. The summed E-state index contributed by atoms with van der Waals surface area (Å²) < 4.78 is 0. The summed E-state index contributed by atoms with van der Waals surface area (Å²) in [6.45, 7) is 0. The maximum absolute atomic E-state index is 10.2. The van der Waals surface area contributed by atoms with Crippen molar-refractivity contribution in [2.75, 3.05) is 0 Å². The summed E-state index contributed by atoms with van der Waals surface area (Å²) in [4.78, 5) is 10.2. The first-order chi connectivity index (χ1) is 4.88. The van der Waals surface area contributed by atoms with Gasteiger partial charge in [-0.1, -0.05) is 40.2 Å². The maximum atomic E-state index is 10.2. The smallest absolute Gasteiger partial charge is 0.233 e. The second-order valence-corrected chi connectivity index (χ2v) is 2.45. The summed E-state index contributed by atoms with van der Waals surface area (Å²) in [5.41, 5.74) is 1.62. The third-order valence-electron chi connectivity index (χ3n) is 1.27. The molecule has 0 saturated heterocycles. The normalized spacial score (nSPS) is 9.30. The van der Waals surface area contributed by atoms with Gasteiger partial charge in [0.2, 0.25) is 6.29 Å². The Morgan fingerprint density at radius 1 is 1.40 bits per heavy atom. The van der Waals surface area contributed by atoms with Crippen molar-refractivity contribution in [2.45, 2.75) is 5.33 Å². The molecule has 1 aromatic rings. The van der Waals surface area contributed by atoms with E-state index in [1.165, 1.54) is 0 Å². The number of hydrogen-bond donors (Lipinski definition) is 0. The van der Waals surface area contributed by atoms with Gasteiger partial charge in [0.15, 0.2) is 0 Å². The minimum Gasteiger partial charge on any atom is -0.285 e. The van der Waals surface area contributed by atoms with Crippen LogP contribution in [0, 0.1) is 0 Å². The molecule has 0 aromatic heterocycles. The van der Waals surface area contributed by atoms with Gasteiger partial charge < -0.3 is 0 Å². The first-order valence-electron chi connectivity index (χ1n) is 2.90. The molecule has 2 heteroatoms. The molecule has 0 fully saturated rings. The van der Waals surface area contributed by atoms with E-state index in [2.05, 4.69) is 15.9 Å². The van der Waals surface area contributed by atoms with Crippen LogP contribution in [0.5, 0.6) is 0 Å². The molecule has 0 heterocycles. The molecule has 1 rings (SSSR count). The molecule has 0 aliphatic heterocycles. The molecule has 51 valence electrons. The summed E-state index contributed by atoms with van der Waals surface area (Å²) in [7, 11) is 0. The lowest BCUT2D eigenvalue weighted by molar-refractivity contribution is 0.562. The van der Waals surface area contributed by atoms with Gasteiger partial charge in [-0.15, -0.1) is 0 Å². The predicted molar refractivity (Wildman–Crippen MR) is 43.9 cm³/mol. The van der Waals surface area contributed by atoms with Crippen LogP contribution in [0.15, 0.2) is 24.3 Å². The predicted octanol–water partition coefficient (Wildman–Crippen LogP) is 2.04. The van der Waals surface area contributed by atoms with Crippen LogP contribution in [0.3, 0.4) is 0 Å². The largest absolute Gasteiger partial charge is 0.285 e. The molecule has 0 amide bonds. The molecule has 0 saturated carbocycles. The zero-order valence-electron chi connectivity index (χ0n) is 5.30. The lowest BCUT2D eigenvalue weighted by Gasteiger charge is -1.95. The lowest BCUT2D eigenvalue weighted by Crippen LogP contribution is -1.86. The Balaban J connectivity index is 3.08. The monoisotopic (exact) mass is 197 g/mol. The van der Waals surface area contributed by atoms with Crippen LogP contribution in [-0.2, 0) is 10.1 Å². The topological polar surface area (TPSA) is 17.1 Å². The Morgan fingerprint density at radius 2 is 2.10 bits per heavy atom. The van der Waals surface area contributed by atoms with Gasteiger partial charge in [-0.05, 0) is 5.56 Å². The highest BCUT2D eigenvalue weighted by Crippen LogP contribution is 2.09. The highest BCUT2D eigenvalue weighted by molar-refractivity contribution is 9.08. The molecule has 0 bridgehead atoms. The van der Waals surface area contributed by atoms with E-state index in [0.717, 1.165) is 5.56 Å². The van der Waals surface area contributed by atoms with Crippen LogP contribution >= 0.6 is 15.9 Å². The van der Waals surface area contributed by atoms with Gasteiger partial charge >= 0.3 is 0 Å². The summed E-state index contributed by atoms with van der Waals surface area (Å²) in [5, 5.41) is 0.707. The molecule has 0 aliphatic rings. The zero-order valence-corrected chi connectivity index (χ0v) is 6.89. The van der Waals surface area contributed by atoms with Gasteiger partial charge in [0, 0.05) is 10.9 Å². The van der Waals surface area contributed by atoms with E-state index in [9.17, 15) is 4.79 Å². The molecular weight excluding hydrogens is 192 g/mol. The average Bonchev–Trinajstić information content (AvgIpc) is 2.04. The standard InChI is InChI=1S/C8H6BrO/c9-5-7-3-1-2-4-8(7)6-10/h1-4H,5H2. The van der Waals surface area contributed by atoms with E-state index in [0.29, 0.717) is 10.9 Å². The van der Waals surface area contributed by atoms with Crippen LogP contribution in [0.4, 0.5) is 0 Å². The lowest BCUT2D eigenvalue weighted by atomic mass is 10.1. The summed E-state index contributed by atoms with van der Waals surface area (Å²) in [6.07, 6.45) is 1.87. The molecule has 1 radical (unpaired) electrons. The molecule has 0 N–H and O–H groups in total. The van der Waals surface area contributed by atoms with E-state index in [1.54, 1.807) is 6.07 Å². The minimum atomic E-state index is 0.638. The Bertz CT molecular complexity index is 232. The Morgan fingerprint density at radius 3 is 2.60 bits per heavy atom. The fourth-order valence-corrected chi connectivity index (χ4v) is 1.23. The molecule has 0 atom stereocenters. The third-order valence-corrected chi connectivity index (χ3v) is 1.88. The van der Waals surface area contributed by atoms with Crippen molar-refractivity contribution < 1.29 is 4.79 Å². The number of rotatable bonds is 2. The first kappa shape index (κ1) is 7.48. The van der Waals surface area contributed by atoms with Crippen molar-refractivity contribution >= 4 is 22.2 Å². The van der Waals surface area contributed by atoms with Gasteiger partial charge in [-0.2, -0.15) is 0 Å². The van der Waals surface area contributed by atoms with Gasteiger partial charge in [-0.25, -0.2) is 0 Å². The second-order valence-electron chi connectivity index (χ2n) is 1.89. The Kier molecular flexibility index (Phi) is 2.63. The molecule has 1 nitrogen and oxygen atoms in total. The van der Waals surface area contributed by atoms with Crippen LogP contribution < -0.4 is 0 Å². The van der Waals surface area contributed by atoms with Crippen molar-refractivity contribution in [3.8, 4) is 0 Å². The van der Waals surface area contributed by atoms with Gasteiger partial charge in [0.25, 0.3) is 0 Å². The molecule has 1 aromatic carbocycles. The van der Waals surface area contributed by atoms with E-state index in [4.69, 9.17) is 0 Å². The number of halogens is 1. The fourth-order valence-electron chi connectivity index (χ4n) is 0.736. The summed E-state index contributed by atoms with van der Waals surface area (Å²) in [5.74, 6) is 0. The summed E-state index contributed by atoms with van der Waals surface area (Å²) >= 11 is 3.27. The van der Waals surface area contributed by atoms with Crippen molar-refractivity contribution in [1.82, 2.24) is 0 Å². The van der Waals surface area contributed by atoms with E-state index >= 15 is 0 Å². The van der Waals surface area contributed by atoms with Crippen LogP contribution in [-0.4, -0.2) is 6.29 Å².